The first-order valence-electron chi connectivity index (χ1n) is 11.5. The number of likely N-dealkylation sites (tertiary alicyclic amines) is 1. The molecule has 0 saturated carbocycles. The van der Waals surface area contributed by atoms with Gasteiger partial charge in [0.1, 0.15) is 5.60 Å². The molecule has 4 atom stereocenters. The molecule has 3 rings (SSSR count). The van der Waals surface area contributed by atoms with Crippen LogP contribution in [0.2, 0.25) is 0 Å². The van der Waals surface area contributed by atoms with Crippen LogP contribution in [-0.2, 0) is 16.1 Å². The summed E-state index contributed by atoms with van der Waals surface area (Å²) in [4.78, 5) is 15.2. The van der Waals surface area contributed by atoms with Crippen molar-refractivity contribution in [2.24, 2.45) is 5.92 Å². The first-order chi connectivity index (χ1) is 15.1. The Labute approximate surface area is 201 Å². The topological polar surface area (TPSA) is 38.8 Å². The number of carbonyl (C=O) groups excluding carboxylic acids is 1. The lowest BCUT2D eigenvalue weighted by Gasteiger charge is -2.46. The van der Waals surface area contributed by atoms with Crippen molar-refractivity contribution >= 4 is 22.0 Å². The van der Waals surface area contributed by atoms with Crippen LogP contribution >= 0.6 is 15.9 Å². The van der Waals surface area contributed by atoms with Gasteiger partial charge in [-0.1, -0.05) is 72.2 Å². The average molecular weight is 502 g/mol. The summed E-state index contributed by atoms with van der Waals surface area (Å²) in [7, 11) is 0. The molecule has 5 heteroatoms. The van der Waals surface area contributed by atoms with E-state index in [2.05, 4.69) is 67.0 Å². The third kappa shape index (κ3) is 6.14. The van der Waals surface area contributed by atoms with Gasteiger partial charge in [0.25, 0.3) is 0 Å². The van der Waals surface area contributed by atoms with E-state index in [1.165, 1.54) is 11.1 Å². The van der Waals surface area contributed by atoms with Crippen LogP contribution in [0.15, 0.2) is 53.0 Å². The summed E-state index contributed by atoms with van der Waals surface area (Å²) < 4.78 is 13.4. The Balaban J connectivity index is 1.94. The minimum atomic E-state index is -0.544. The average Bonchev–Trinajstić information content (AvgIpc) is 2.73. The van der Waals surface area contributed by atoms with Crippen LogP contribution in [0.3, 0.4) is 0 Å². The Morgan fingerprint density at radius 1 is 1.16 bits per heavy atom. The maximum atomic E-state index is 13.3. The van der Waals surface area contributed by atoms with Crippen molar-refractivity contribution in [3.05, 3.63) is 69.7 Å². The number of ether oxygens (including phenoxy) is 2. The van der Waals surface area contributed by atoms with E-state index in [4.69, 9.17) is 9.47 Å². The van der Waals surface area contributed by atoms with Crippen LogP contribution in [0.1, 0.15) is 63.6 Å². The monoisotopic (exact) mass is 501 g/mol. The Morgan fingerprint density at radius 3 is 2.50 bits per heavy atom. The lowest BCUT2D eigenvalue weighted by Crippen LogP contribution is -2.57. The molecule has 0 spiro atoms. The lowest BCUT2D eigenvalue weighted by molar-refractivity contribution is -0.0769. The fourth-order valence-electron chi connectivity index (χ4n) is 4.62. The van der Waals surface area contributed by atoms with Crippen molar-refractivity contribution in [3.8, 4) is 0 Å². The normalized spacial score (nSPS) is 22.5. The van der Waals surface area contributed by atoms with Crippen LogP contribution in [0.25, 0.3) is 0 Å². The van der Waals surface area contributed by atoms with Crippen molar-refractivity contribution < 1.29 is 14.3 Å². The van der Waals surface area contributed by atoms with Gasteiger partial charge in [-0.3, -0.25) is 0 Å². The molecule has 32 heavy (non-hydrogen) atoms. The van der Waals surface area contributed by atoms with Crippen molar-refractivity contribution in [2.45, 2.75) is 78.2 Å². The van der Waals surface area contributed by atoms with E-state index in [0.717, 1.165) is 16.5 Å². The van der Waals surface area contributed by atoms with Gasteiger partial charge in [0, 0.05) is 16.9 Å². The highest BCUT2D eigenvalue weighted by molar-refractivity contribution is 9.10. The van der Waals surface area contributed by atoms with Crippen molar-refractivity contribution in [3.63, 3.8) is 0 Å². The number of hydrogen-bond acceptors (Lipinski definition) is 3. The Morgan fingerprint density at radius 2 is 1.84 bits per heavy atom. The molecule has 1 fully saturated rings. The highest BCUT2D eigenvalue weighted by Crippen LogP contribution is 2.37. The second kappa shape index (κ2) is 10.4. The van der Waals surface area contributed by atoms with Crippen LogP contribution in [-0.4, -0.2) is 35.3 Å². The fourth-order valence-corrected chi connectivity index (χ4v) is 5.00. The lowest BCUT2D eigenvalue weighted by atomic mass is 9.80. The second-order valence-electron chi connectivity index (χ2n) is 10.0. The van der Waals surface area contributed by atoms with Gasteiger partial charge >= 0.3 is 6.09 Å². The van der Waals surface area contributed by atoms with Crippen molar-refractivity contribution in [1.29, 1.82) is 0 Å². The quantitative estimate of drug-likeness (QED) is 0.438. The summed E-state index contributed by atoms with van der Waals surface area (Å²) in [5.74, 6) is 0.420. The minimum absolute atomic E-state index is 0.0835. The maximum absolute atomic E-state index is 13.3. The van der Waals surface area contributed by atoms with Crippen LogP contribution < -0.4 is 0 Å². The Kier molecular flexibility index (Phi) is 8.05. The van der Waals surface area contributed by atoms with E-state index >= 15 is 0 Å². The third-order valence-corrected chi connectivity index (χ3v) is 6.99. The van der Waals surface area contributed by atoms with Crippen LogP contribution in [0.4, 0.5) is 4.79 Å². The SMILES string of the molecule is Cc1c(Br)cccc1[C@H](C)[C@H]1[C@H](OCc2ccccc2)C[C@H](C)CN1C(=O)OC(C)(C)C. The summed E-state index contributed by atoms with van der Waals surface area (Å²) in [5, 5.41) is 0. The maximum Gasteiger partial charge on any atom is 0.410 e. The predicted molar refractivity (Wildman–Crippen MR) is 133 cm³/mol. The van der Waals surface area contributed by atoms with E-state index in [1.54, 1.807) is 0 Å². The Hall–Kier alpha value is -1.85. The molecule has 4 nitrogen and oxygen atoms in total. The first kappa shape index (κ1) is 24.8. The van der Waals surface area contributed by atoms with E-state index in [9.17, 15) is 4.79 Å². The summed E-state index contributed by atoms with van der Waals surface area (Å²) >= 11 is 3.67. The zero-order valence-electron chi connectivity index (χ0n) is 20.1. The molecule has 0 aromatic heterocycles. The van der Waals surface area contributed by atoms with Gasteiger partial charge in [-0.25, -0.2) is 4.79 Å². The summed E-state index contributed by atoms with van der Waals surface area (Å²) in [5.41, 5.74) is 3.02. The number of halogens is 1. The number of benzene rings is 2. The zero-order chi connectivity index (χ0) is 23.5. The highest BCUT2D eigenvalue weighted by Gasteiger charge is 2.43. The molecule has 1 saturated heterocycles. The highest BCUT2D eigenvalue weighted by atomic mass is 79.9. The molecule has 0 N–H and O–H groups in total. The second-order valence-corrected chi connectivity index (χ2v) is 10.9. The largest absolute Gasteiger partial charge is 0.444 e. The molecule has 0 unspecified atom stereocenters. The number of carbonyl (C=O) groups is 1. The van der Waals surface area contributed by atoms with Gasteiger partial charge in [0.05, 0.1) is 18.8 Å². The molecule has 0 aliphatic carbocycles. The standard InChI is InChI=1S/C27H36BrNO3/c1-18-15-24(31-17-21-11-8-7-9-12-21)25(29(16-18)26(30)32-27(4,5)6)20(3)22-13-10-14-23(28)19(22)2/h7-14,18,20,24-25H,15-17H2,1-6H3/t18-,20-,24+,25-/m0/s1. The number of amides is 1. The molecule has 1 aliphatic heterocycles. The van der Waals surface area contributed by atoms with Crippen LogP contribution in [0.5, 0.6) is 0 Å². The third-order valence-electron chi connectivity index (χ3n) is 6.13. The van der Waals surface area contributed by atoms with E-state index < -0.39 is 5.60 Å². The molecular formula is C27H36BrNO3. The number of rotatable bonds is 5. The smallest absolute Gasteiger partial charge is 0.410 e. The van der Waals surface area contributed by atoms with Crippen molar-refractivity contribution in [1.82, 2.24) is 4.90 Å². The zero-order valence-corrected chi connectivity index (χ0v) is 21.7. The van der Waals surface area contributed by atoms with Gasteiger partial charge < -0.3 is 14.4 Å². The molecule has 2 aromatic carbocycles. The van der Waals surface area contributed by atoms with Gasteiger partial charge in [0.2, 0.25) is 0 Å². The number of piperidine rings is 1. The van der Waals surface area contributed by atoms with Gasteiger partial charge in [0.15, 0.2) is 0 Å². The number of hydrogen-bond donors (Lipinski definition) is 0. The number of nitrogens with zero attached hydrogens (tertiary/aromatic N) is 1. The summed E-state index contributed by atoms with van der Waals surface area (Å²) in [6.45, 7) is 13.4. The first-order valence-corrected chi connectivity index (χ1v) is 12.3. The molecule has 0 bridgehead atoms. The van der Waals surface area contributed by atoms with E-state index in [0.29, 0.717) is 19.1 Å². The van der Waals surface area contributed by atoms with Gasteiger partial charge in [-0.15, -0.1) is 0 Å². The molecule has 1 amide bonds. The summed E-state index contributed by atoms with van der Waals surface area (Å²) in [6, 6.07) is 16.4. The molecule has 174 valence electrons. The molecule has 1 heterocycles. The van der Waals surface area contributed by atoms with Gasteiger partial charge in [-0.05, 0) is 62.8 Å². The molecule has 2 aromatic rings. The van der Waals surface area contributed by atoms with E-state index in [-0.39, 0.29) is 24.2 Å². The molecular weight excluding hydrogens is 466 g/mol. The molecule has 1 aliphatic rings. The van der Waals surface area contributed by atoms with E-state index in [1.807, 2.05) is 43.9 Å². The summed E-state index contributed by atoms with van der Waals surface area (Å²) in [6.07, 6.45) is 0.565. The minimum Gasteiger partial charge on any atom is -0.444 e. The molecule has 0 radical (unpaired) electrons. The van der Waals surface area contributed by atoms with Crippen molar-refractivity contribution in [2.75, 3.05) is 6.54 Å². The van der Waals surface area contributed by atoms with Gasteiger partial charge in [-0.2, -0.15) is 0 Å². The predicted octanol–water partition coefficient (Wildman–Crippen LogP) is 7.09. The Bertz CT molecular complexity index is 909. The fraction of sp³-hybridized carbons (Fsp3) is 0.519. The van der Waals surface area contributed by atoms with Crippen LogP contribution in [0, 0.1) is 12.8 Å².